The van der Waals surface area contributed by atoms with Crippen LogP contribution in [-0.2, 0) is 9.59 Å². The number of nitrogens with one attached hydrogen (secondary N) is 2. The van der Waals surface area contributed by atoms with Crippen molar-refractivity contribution in [2.45, 2.75) is 6.92 Å². The zero-order valence-corrected chi connectivity index (χ0v) is 14.7. The first-order valence-electron chi connectivity index (χ1n) is 6.25. The van der Waals surface area contributed by atoms with Crippen LogP contribution in [0.4, 0.5) is 11.4 Å². The van der Waals surface area contributed by atoms with Crippen LogP contribution >= 0.6 is 38.9 Å². The molecule has 2 N–H and O–H groups in total. The van der Waals surface area contributed by atoms with E-state index in [1.165, 1.54) is 24.3 Å². The molecule has 0 aliphatic carbocycles. The van der Waals surface area contributed by atoms with Crippen LogP contribution in [0, 0.1) is 0 Å². The van der Waals surface area contributed by atoms with Gasteiger partial charge in [0, 0.05) is 22.9 Å². The van der Waals surface area contributed by atoms with E-state index in [0.717, 1.165) is 8.66 Å². The predicted molar refractivity (Wildman–Crippen MR) is 95.4 cm³/mol. The van der Waals surface area contributed by atoms with E-state index in [-0.39, 0.29) is 11.8 Å². The van der Waals surface area contributed by atoms with Crippen molar-refractivity contribution in [2.75, 3.05) is 10.6 Å². The number of anilines is 2. The molecule has 0 spiro atoms. The molecule has 114 valence electrons. The monoisotopic (exact) mass is 398 g/mol. The summed E-state index contributed by atoms with van der Waals surface area (Å²) < 4.78 is 0.996. The van der Waals surface area contributed by atoms with E-state index in [1.807, 2.05) is 12.1 Å². The number of hydrogen-bond acceptors (Lipinski definition) is 3. The highest BCUT2D eigenvalue weighted by Crippen LogP contribution is 2.26. The van der Waals surface area contributed by atoms with Crippen LogP contribution in [0.25, 0.3) is 6.08 Å². The maximum Gasteiger partial charge on any atom is 0.248 e. The smallest absolute Gasteiger partial charge is 0.248 e. The van der Waals surface area contributed by atoms with Gasteiger partial charge in [0.1, 0.15) is 0 Å². The second kappa shape index (κ2) is 7.58. The molecule has 4 nitrogen and oxygen atoms in total. The van der Waals surface area contributed by atoms with E-state index in [2.05, 4.69) is 26.6 Å². The molecular weight excluding hydrogens is 388 g/mol. The maximum atomic E-state index is 12.0. The number of rotatable bonds is 4. The summed E-state index contributed by atoms with van der Waals surface area (Å²) in [6.45, 7) is 1.40. The summed E-state index contributed by atoms with van der Waals surface area (Å²) in [5.74, 6) is -0.532. The summed E-state index contributed by atoms with van der Waals surface area (Å²) in [7, 11) is 0. The van der Waals surface area contributed by atoms with Crippen molar-refractivity contribution in [2.24, 2.45) is 0 Å². The SMILES string of the molecule is CC(=O)Nc1ccc(Cl)cc1NC(=O)/C=C/c1ccc(Br)s1. The molecule has 0 atom stereocenters. The van der Waals surface area contributed by atoms with Crippen LogP contribution in [0.3, 0.4) is 0 Å². The molecule has 0 radical (unpaired) electrons. The first kappa shape index (κ1) is 16.7. The summed E-state index contributed by atoms with van der Waals surface area (Å²) in [6.07, 6.45) is 3.14. The lowest BCUT2D eigenvalue weighted by Crippen LogP contribution is -2.12. The fourth-order valence-electron chi connectivity index (χ4n) is 1.67. The summed E-state index contributed by atoms with van der Waals surface area (Å²) in [6, 6.07) is 8.68. The lowest BCUT2D eigenvalue weighted by molar-refractivity contribution is -0.114. The first-order valence-corrected chi connectivity index (χ1v) is 8.24. The van der Waals surface area contributed by atoms with Gasteiger partial charge >= 0.3 is 0 Å². The summed E-state index contributed by atoms with van der Waals surface area (Å²) in [4.78, 5) is 24.1. The van der Waals surface area contributed by atoms with Gasteiger partial charge in [-0.25, -0.2) is 0 Å². The quantitative estimate of drug-likeness (QED) is 0.727. The van der Waals surface area contributed by atoms with E-state index in [0.29, 0.717) is 16.4 Å². The van der Waals surface area contributed by atoms with Crippen molar-refractivity contribution in [3.63, 3.8) is 0 Å². The molecule has 0 bridgehead atoms. The zero-order chi connectivity index (χ0) is 16.1. The molecule has 0 aliphatic heterocycles. The third-order valence-corrected chi connectivity index (χ3v) is 4.37. The van der Waals surface area contributed by atoms with Crippen LogP contribution in [0.2, 0.25) is 5.02 Å². The largest absolute Gasteiger partial charge is 0.325 e. The lowest BCUT2D eigenvalue weighted by atomic mass is 10.2. The van der Waals surface area contributed by atoms with E-state index in [1.54, 1.807) is 24.3 Å². The fraction of sp³-hybridized carbons (Fsp3) is 0.0667. The standard InChI is InChI=1S/C15H12BrClN2O2S/c1-9(20)18-12-5-2-10(17)8-13(12)19-15(21)7-4-11-3-6-14(16)22-11/h2-8H,1H3,(H,18,20)(H,19,21)/b7-4+. The molecule has 0 saturated heterocycles. The average Bonchev–Trinajstić information content (AvgIpc) is 2.85. The van der Waals surface area contributed by atoms with E-state index in [4.69, 9.17) is 11.6 Å². The molecule has 2 aromatic rings. The Hall–Kier alpha value is -1.63. The summed E-state index contributed by atoms with van der Waals surface area (Å²) in [5, 5.41) is 5.81. The Morgan fingerprint density at radius 3 is 2.59 bits per heavy atom. The number of carbonyl (C=O) groups is 2. The molecule has 0 saturated carbocycles. The van der Waals surface area contributed by atoms with E-state index >= 15 is 0 Å². The molecule has 0 unspecified atom stereocenters. The van der Waals surface area contributed by atoms with Crippen LogP contribution in [-0.4, -0.2) is 11.8 Å². The van der Waals surface area contributed by atoms with Gasteiger partial charge in [-0.05, 0) is 52.3 Å². The van der Waals surface area contributed by atoms with Gasteiger partial charge in [0.25, 0.3) is 0 Å². The lowest BCUT2D eigenvalue weighted by Gasteiger charge is -2.10. The van der Waals surface area contributed by atoms with Gasteiger partial charge in [0.15, 0.2) is 0 Å². The molecule has 0 fully saturated rings. The molecule has 1 aromatic heterocycles. The van der Waals surface area contributed by atoms with Gasteiger partial charge in [-0.3, -0.25) is 9.59 Å². The highest BCUT2D eigenvalue weighted by atomic mass is 79.9. The van der Waals surface area contributed by atoms with Crippen molar-refractivity contribution in [3.8, 4) is 0 Å². The third kappa shape index (κ3) is 4.98. The summed E-state index contributed by atoms with van der Waals surface area (Å²) >= 11 is 10.8. The van der Waals surface area contributed by atoms with E-state index < -0.39 is 0 Å². The zero-order valence-electron chi connectivity index (χ0n) is 11.5. The molecular formula is C15H12BrClN2O2S. The topological polar surface area (TPSA) is 58.2 Å². The van der Waals surface area contributed by atoms with Gasteiger partial charge in [-0.15, -0.1) is 11.3 Å². The molecule has 7 heteroatoms. The molecule has 2 amide bonds. The Bertz CT molecular complexity index is 743. The Balaban J connectivity index is 2.12. The number of halogens is 2. The molecule has 2 rings (SSSR count). The Kier molecular flexibility index (Phi) is 5.76. The van der Waals surface area contributed by atoms with Crippen LogP contribution in [0.1, 0.15) is 11.8 Å². The minimum absolute atomic E-state index is 0.225. The Morgan fingerprint density at radius 2 is 1.95 bits per heavy atom. The van der Waals surface area contributed by atoms with Crippen LogP contribution in [0.5, 0.6) is 0 Å². The first-order chi connectivity index (χ1) is 10.4. The minimum atomic E-state index is -0.307. The second-order valence-corrected chi connectivity index (χ2v) is 7.27. The maximum absolute atomic E-state index is 12.0. The van der Waals surface area contributed by atoms with Crippen LogP contribution in [0.15, 0.2) is 40.2 Å². The van der Waals surface area contributed by atoms with Gasteiger partial charge in [0.2, 0.25) is 11.8 Å². The second-order valence-electron chi connectivity index (χ2n) is 4.34. The third-order valence-electron chi connectivity index (χ3n) is 2.54. The number of benzene rings is 1. The van der Waals surface area contributed by atoms with Gasteiger partial charge in [-0.1, -0.05) is 11.6 Å². The fourth-order valence-corrected chi connectivity index (χ4v) is 3.17. The van der Waals surface area contributed by atoms with Gasteiger partial charge in [0.05, 0.1) is 15.2 Å². The van der Waals surface area contributed by atoms with Crippen molar-refractivity contribution in [1.29, 1.82) is 0 Å². The molecule has 1 heterocycles. The number of carbonyl (C=O) groups excluding carboxylic acids is 2. The number of hydrogen-bond donors (Lipinski definition) is 2. The highest BCUT2D eigenvalue weighted by molar-refractivity contribution is 9.11. The van der Waals surface area contributed by atoms with Crippen molar-refractivity contribution in [1.82, 2.24) is 0 Å². The van der Waals surface area contributed by atoms with Crippen molar-refractivity contribution in [3.05, 3.63) is 50.1 Å². The molecule has 22 heavy (non-hydrogen) atoms. The predicted octanol–water partition coefficient (Wildman–Crippen LogP) is 4.77. The molecule has 0 aliphatic rings. The minimum Gasteiger partial charge on any atom is -0.325 e. The van der Waals surface area contributed by atoms with Crippen LogP contribution < -0.4 is 10.6 Å². The highest BCUT2D eigenvalue weighted by Gasteiger charge is 2.07. The summed E-state index contributed by atoms with van der Waals surface area (Å²) in [5.41, 5.74) is 0.947. The average molecular weight is 400 g/mol. The van der Waals surface area contributed by atoms with Gasteiger partial charge in [-0.2, -0.15) is 0 Å². The van der Waals surface area contributed by atoms with E-state index in [9.17, 15) is 9.59 Å². The molecule has 1 aromatic carbocycles. The van der Waals surface area contributed by atoms with Crippen molar-refractivity contribution < 1.29 is 9.59 Å². The number of thiophene rings is 1. The van der Waals surface area contributed by atoms with Gasteiger partial charge < -0.3 is 10.6 Å². The van der Waals surface area contributed by atoms with Crippen molar-refractivity contribution >= 4 is 68.1 Å². The number of amides is 2. The Labute approximate surface area is 145 Å². The normalized spacial score (nSPS) is 10.7. The Morgan fingerprint density at radius 1 is 1.18 bits per heavy atom.